The second-order valence-corrected chi connectivity index (χ2v) is 7.26. The summed E-state index contributed by atoms with van der Waals surface area (Å²) in [6.45, 7) is 0.751. The molecule has 28 heavy (non-hydrogen) atoms. The molecular weight excluding hydrogens is 350 g/mol. The lowest BCUT2D eigenvalue weighted by Gasteiger charge is -2.27. The second-order valence-electron chi connectivity index (χ2n) is 7.26. The minimum atomic E-state index is -0.129. The number of likely N-dealkylation sites (tertiary alicyclic amines) is 1. The molecule has 1 amide bonds. The number of nitrogens with zero attached hydrogens (tertiary/aromatic N) is 3. The van der Waals surface area contributed by atoms with Crippen molar-refractivity contribution in [3.05, 3.63) is 72.1 Å². The molecule has 0 spiro atoms. The van der Waals surface area contributed by atoms with Gasteiger partial charge in [-0.25, -0.2) is 0 Å². The number of carbonyl (C=O) groups excluding carboxylic acids is 1. The molecule has 0 N–H and O–H groups in total. The molecule has 1 aliphatic rings. The number of carbonyl (C=O) groups is 1. The smallest absolute Gasteiger partial charge is 0.249 e. The van der Waals surface area contributed by atoms with E-state index in [0.29, 0.717) is 18.1 Å². The number of hydrogen-bond donors (Lipinski definition) is 0. The fourth-order valence-corrected chi connectivity index (χ4v) is 3.78. The molecule has 2 heterocycles. The Morgan fingerprint density at radius 3 is 2.54 bits per heavy atom. The van der Waals surface area contributed by atoms with Crippen molar-refractivity contribution in [2.45, 2.75) is 44.6 Å². The number of hydrogen-bond acceptors (Lipinski definition) is 4. The van der Waals surface area contributed by atoms with Crippen LogP contribution in [0.15, 0.2) is 65.2 Å². The third-order valence-electron chi connectivity index (χ3n) is 5.30. The van der Waals surface area contributed by atoms with Crippen molar-refractivity contribution in [2.75, 3.05) is 6.54 Å². The van der Waals surface area contributed by atoms with E-state index in [-0.39, 0.29) is 11.9 Å². The minimum Gasteiger partial charge on any atom is -0.337 e. The van der Waals surface area contributed by atoms with Crippen molar-refractivity contribution >= 4 is 5.91 Å². The maximum absolute atomic E-state index is 13.0. The Bertz CT molecular complexity index is 892. The molecule has 0 bridgehead atoms. The zero-order valence-electron chi connectivity index (χ0n) is 16.0. The summed E-state index contributed by atoms with van der Waals surface area (Å²) >= 11 is 0. The number of amides is 1. The average molecular weight is 375 g/mol. The molecule has 1 saturated heterocycles. The van der Waals surface area contributed by atoms with Gasteiger partial charge < -0.3 is 9.42 Å². The first kappa shape index (κ1) is 18.4. The van der Waals surface area contributed by atoms with E-state index in [0.717, 1.165) is 44.2 Å². The summed E-state index contributed by atoms with van der Waals surface area (Å²) < 4.78 is 5.60. The highest BCUT2D eigenvalue weighted by molar-refractivity contribution is 5.77. The lowest BCUT2D eigenvalue weighted by atomic mass is 10.1. The minimum absolute atomic E-state index is 0.129. The van der Waals surface area contributed by atoms with Gasteiger partial charge in [0.1, 0.15) is 6.04 Å². The van der Waals surface area contributed by atoms with E-state index in [9.17, 15) is 4.79 Å². The van der Waals surface area contributed by atoms with Gasteiger partial charge in [0.25, 0.3) is 0 Å². The molecule has 2 aromatic carbocycles. The molecule has 144 valence electrons. The van der Waals surface area contributed by atoms with Gasteiger partial charge in [0.05, 0.1) is 0 Å². The fourth-order valence-electron chi connectivity index (χ4n) is 3.78. The van der Waals surface area contributed by atoms with Crippen LogP contribution in [-0.4, -0.2) is 27.5 Å². The van der Waals surface area contributed by atoms with Gasteiger partial charge in [0, 0.05) is 18.5 Å². The number of benzene rings is 2. The molecule has 1 fully saturated rings. The maximum atomic E-state index is 13.0. The van der Waals surface area contributed by atoms with Crippen LogP contribution < -0.4 is 0 Å². The summed E-state index contributed by atoms with van der Waals surface area (Å²) in [6.07, 6.45) is 5.33. The Morgan fingerprint density at radius 2 is 1.75 bits per heavy atom. The van der Waals surface area contributed by atoms with Crippen LogP contribution in [0.25, 0.3) is 11.4 Å². The lowest BCUT2D eigenvalue weighted by molar-refractivity contribution is -0.134. The first-order chi connectivity index (χ1) is 13.8. The molecule has 5 nitrogen and oxygen atoms in total. The molecule has 4 rings (SSSR count). The van der Waals surface area contributed by atoms with E-state index in [4.69, 9.17) is 4.52 Å². The molecule has 5 heteroatoms. The summed E-state index contributed by atoms with van der Waals surface area (Å²) in [5.74, 6) is 1.29. The van der Waals surface area contributed by atoms with Crippen LogP contribution in [-0.2, 0) is 11.2 Å². The Balaban J connectivity index is 1.50. The molecule has 1 aliphatic heterocycles. The van der Waals surface area contributed by atoms with Crippen molar-refractivity contribution in [3.8, 4) is 11.4 Å². The predicted molar refractivity (Wildman–Crippen MR) is 107 cm³/mol. The molecule has 1 aromatic heterocycles. The van der Waals surface area contributed by atoms with Crippen molar-refractivity contribution in [2.24, 2.45) is 0 Å². The molecule has 3 aromatic rings. The van der Waals surface area contributed by atoms with E-state index in [1.165, 1.54) is 5.56 Å². The summed E-state index contributed by atoms with van der Waals surface area (Å²) in [4.78, 5) is 19.6. The molecule has 0 radical (unpaired) electrons. The van der Waals surface area contributed by atoms with Gasteiger partial charge in [-0.15, -0.1) is 0 Å². The number of aromatic nitrogens is 2. The highest BCUT2D eigenvalue weighted by Gasteiger charge is 2.30. The lowest BCUT2D eigenvalue weighted by Crippen LogP contribution is -2.35. The zero-order valence-corrected chi connectivity index (χ0v) is 16.0. The topological polar surface area (TPSA) is 59.2 Å². The molecule has 0 aliphatic carbocycles. The zero-order chi connectivity index (χ0) is 19.2. The largest absolute Gasteiger partial charge is 0.337 e. The summed E-state index contributed by atoms with van der Waals surface area (Å²) in [7, 11) is 0. The maximum Gasteiger partial charge on any atom is 0.249 e. The molecule has 1 atom stereocenters. The van der Waals surface area contributed by atoms with Crippen LogP contribution >= 0.6 is 0 Å². The van der Waals surface area contributed by atoms with Gasteiger partial charge in [-0.2, -0.15) is 4.98 Å². The third kappa shape index (κ3) is 4.30. The molecule has 1 unspecified atom stereocenters. The Kier molecular flexibility index (Phi) is 5.80. The fraction of sp³-hybridized carbons (Fsp3) is 0.348. The second kappa shape index (κ2) is 8.83. The number of aryl methyl sites for hydroxylation is 1. The van der Waals surface area contributed by atoms with Crippen LogP contribution in [0.1, 0.15) is 49.6 Å². The SMILES string of the molecule is O=C(CCc1ccccc1)N1CCCCCC1c1nc(-c2ccccc2)no1. The van der Waals surface area contributed by atoms with Crippen molar-refractivity contribution in [3.63, 3.8) is 0 Å². The number of rotatable bonds is 5. The van der Waals surface area contributed by atoms with Gasteiger partial charge >= 0.3 is 0 Å². The van der Waals surface area contributed by atoms with Gasteiger partial charge in [-0.05, 0) is 24.8 Å². The Hall–Kier alpha value is -2.95. The molecular formula is C23H25N3O2. The van der Waals surface area contributed by atoms with Crippen molar-refractivity contribution < 1.29 is 9.32 Å². The van der Waals surface area contributed by atoms with Crippen molar-refractivity contribution in [1.29, 1.82) is 0 Å². The van der Waals surface area contributed by atoms with E-state index in [1.54, 1.807) is 0 Å². The highest BCUT2D eigenvalue weighted by Crippen LogP contribution is 2.31. The average Bonchev–Trinajstić information content (AvgIpc) is 3.11. The predicted octanol–water partition coefficient (Wildman–Crippen LogP) is 4.81. The standard InChI is InChI=1S/C23H25N3O2/c27-21(16-15-18-10-4-1-5-11-18)26-17-9-3-8-14-20(26)23-24-22(25-28-23)19-12-6-2-7-13-19/h1-2,4-7,10-13,20H,3,8-9,14-17H2. The van der Waals surface area contributed by atoms with Crippen LogP contribution in [0.4, 0.5) is 0 Å². The third-order valence-corrected chi connectivity index (χ3v) is 5.30. The summed E-state index contributed by atoms with van der Waals surface area (Å²) in [6, 6.07) is 19.8. The van der Waals surface area contributed by atoms with E-state index in [1.807, 2.05) is 53.4 Å². The highest BCUT2D eigenvalue weighted by atomic mass is 16.5. The normalized spacial score (nSPS) is 17.3. The Morgan fingerprint density at radius 1 is 1.00 bits per heavy atom. The molecule has 0 saturated carbocycles. The summed E-state index contributed by atoms with van der Waals surface area (Å²) in [5.41, 5.74) is 2.11. The van der Waals surface area contributed by atoms with Gasteiger partial charge in [-0.3, -0.25) is 4.79 Å². The van der Waals surface area contributed by atoms with Gasteiger partial charge in [-0.1, -0.05) is 78.7 Å². The van der Waals surface area contributed by atoms with Crippen LogP contribution in [0.3, 0.4) is 0 Å². The summed E-state index contributed by atoms with van der Waals surface area (Å²) in [5, 5.41) is 4.16. The van der Waals surface area contributed by atoms with E-state index >= 15 is 0 Å². The monoisotopic (exact) mass is 375 g/mol. The van der Waals surface area contributed by atoms with Crippen molar-refractivity contribution in [1.82, 2.24) is 15.0 Å². The van der Waals surface area contributed by atoms with Crippen LogP contribution in [0.2, 0.25) is 0 Å². The first-order valence-corrected chi connectivity index (χ1v) is 10.0. The van der Waals surface area contributed by atoms with Crippen LogP contribution in [0.5, 0.6) is 0 Å². The van der Waals surface area contributed by atoms with E-state index in [2.05, 4.69) is 22.3 Å². The van der Waals surface area contributed by atoms with Gasteiger partial charge in [0.2, 0.25) is 17.6 Å². The van der Waals surface area contributed by atoms with Crippen LogP contribution in [0, 0.1) is 0 Å². The van der Waals surface area contributed by atoms with Gasteiger partial charge in [0.15, 0.2) is 0 Å². The van der Waals surface area contributed by atoms with E-state index < -0.39 is 0 Å². The Labute approximate surface area is 165 Å². The quantitative estimate of drug-likeness (QED) is 0.642. The first-order valence-electron chi connectivity index (χ1n) is 10.0.